The second-order valence-electron chi connectivity index (χ2n) is 4.54. The van der Waals surface area contributed by atoms with Crippen molar-refractivity contribution in [2.75, 3.05) is 31.7 Å². The first-order valence-electron chi connectivity index (χ1n) is 6.08. The van der Waals surface area contributed by atoms with Crippen LogP contribution in [0.3, 0.4) is 0 Å². The summed E-state index contributed by atoms with van der Waals surface area (Å²) in [5.41, 5.74) is 1.07. The van der Waals surface area contributed by atoms with E-state index in [2.05, 4.69) is 22.0 Å². The van der Waals surface area contributed by atoms with Gasteiger partial charge in [0.1, 0.15) is 5.82 Å². The molecule has 0 aliphatic carbocycles. The van der Waals surface area contributed by atoms with Crippen molar-refractivity contribution < 1.29 is 4.74 Å². The molecule has 1 aliphatic heterocycles. The molecule has 17 heavy (non-hydrogen) atoms. The number of anilines is 1. The largest absolute Gasteiger partial charge is 0.384 e. The minimum Gasteiger partial charge on any atom is -0.384 e. The summed E-state index contributed by atoms with van der Waals surface area (Å²) in [7, 11) is 1.78. The van der Waals surface area contributed by atoms with E-state index in [-0.39, 0.29) is 0 Å². The molecule has 1 aromatic rings. The lowest BCUT2D eigenvalue weighted by Gasteiger charge is -2.32. The average molecular weight is 255 g/mol. The number of hydrogen-bond acceptors (Lipinski definition) is 3. The highest BCUT2D eigenvalue weighted by Gasteiger charge is 2.19. The van der Waals surface area contributed by atoms with Gasteiger partial charge in [0.25, 0.3) is 0 Å². The third kappa shape index (κ3) is 3.33. The molecule has 0 amide bonds. The second kappa shape index (κ2) is 6.22. The lowest BCUT2D eigenvalue weighted by Crippen LogP contribution is -2.35. The van der Waals surface area contributed by atoms with Crippen molar-refractivity contribution in [1.29, 1.82) is 0 Å². The third-order valence-electron chi connectivity index (χ3n) is 3.30. The van der Waals surface area contributed by atoms with Crippen LogP contribution in [0.1, 0.15) is 18.4 Å². The topological polar surface area (TPSA) is 25.4 Å². The van der Waals surface area contributed by atoms with Crippen LogP contribution in [0.5, 0.6) is 0 Å². The van der Waals surface area contributed by atoms with Gasteiger partial charge in [0.05, 0.1) is 0 Å². The van der Waals surface area contributed by atoms with E-state index in [1.54, 1.807) is 7.11 Å². The van der Waals surface area contributed by atoms with Crippen molar-refractivity contribution in [1.82, 2.24) is 4.98 Å². The summed E-state index contributed by atoms with van der Waals surface area (Å²) in [5.74, 6) is 2.30. The molecule has 2 heterocycles. The first-order chi connectivity index (χ1) is 8.33. The monoisotopic (exact) mass is 254 g/mol. The van der Waals surface area contributed by atoms with Crippen molar-refractivity contribution in [3.8, 4) is 0 Å². The molecule has 0 unspecified atom stereocenters. The Hall–Kier alpha value is -0.800. The van der Waals surface area contributed by atoms with Crippen molar-refractivity contribution in [3.05, 3.63) is 23.9 Å². The molecule has 4 heteroatoms. The average Bonchev–Trinajstić information content (AvgIpc) is 2.40. The number of methoxy groups -OCH3 is 1. The van der Waals surface area contributed by atoms with Gasteiger partial charge in [0, 0.05) is 38.9 Å². The Kier molecular flexibility index (Phi) is 4.63. The van der Waals surface area contributed by atoms with Gasteiger partial charge in [-0.3, -0.25) is 0 Å². The summed E-state index contributed by atoms with van der Waals surface area (Å²) in [6.45, 7) is 3.02. The van der Waals surface area contributed by atoms with Gasteiger partial charge < -0.3 is 9.64 Å². The molecule has 1 saturated heterocycles. The van der Waals surface area contributed by atoms with Crippen molar-refractivity contribution >= 4 is 17.4 Å². The van der Waals surface area contributed by atoms with Crippen LogP contribution >= 0.6 is 11.6 Å². The minimum atomic E-state index is 0.531. The predicted octanol–water partition coefficient (Wildman–Crippen LogP) is 2.68. The standard InChI is InChI=1S/C13H19ClN2O/c1-17-10-11-4-6-16(7-5-11)13-3-2-12(8-14)9-15-13/h2-3,9,11H,4-8,10H2,1H3. The van der Waals surface area contributed by atoms with Crippen LogP contribution in [0.15, 0.2) is 18.3 Å². The number of rotatable bonds is 4. The molecule has 1 fully saturated rings. The number of halogens is 1. The van der Waals surface area contributed by atoms with Gasteiger partial charge in [0.15, 0.2) is 0 Å². The Morgan fingerprint density at radius 2 is 2.18 bits per heavy atom. The molecule has 0 bridgehead atoms. The Balaban J connectivity index is 1.91. The normalized spacial score (nSPS) is 17.4. The fraction of sp³-hybridized carbons (Fsp3) is 0.615. The molecule has 0 aromatic carbocycles. The smallest absolute Gasteiger partial charge is 0.128 e. The number of alkyl halides is 1. The van der Waals surface area contributed by atoms with Crippen LogP contribution < -0.4 is 4.90 Å². The summed E-state index contributed by atoms with van der Waals surface area (Å²) >= 11 is 5.75. The van der Waals surface area contributed by atoms with Crippen LogP contribution in [-0.4, -0.2) is 31.8 Å². The highest BCUT2D eigenvalue weighted by atomic mass is 35.5. The van der Waals surface area contributed by atoms with E-state index in [1.807, 2.05) is 6.20 Å². The number of piperidine rings is 1. The van der Waals surface area contributed by atoms with Gasteiger partial charge in [-0.25, -0.2) is 4.98 Å². The maximum absolute atomic E-state index is 5.75. The number of pyridine rings is 1. The molecule has 2 rings (SSSR count). The van der Waals surface area contributed by atoms with Gasteiger partial charge in [0.2, 0.25) is 0 Å². The Morgan fingerprint density at radius 1 is 1.41 bits per heavy atom. The molecule has 0 spiro atoms. The van der Waals surface area contributed by atoms with Gasteiger partial charge in [-0.05, 0) is 30.4 Å². The summed E-state index contributed by atoms with van der Waals surface area (Å²) in [5, 5.41) is 0. The predicted molar refractivity (Wildman–Crippen MR) is 70.6 cm³/mol. The number of aromatic nitrogens is 1. The molecule has 1 aliphatic rings. The Labute approximate surface area is 108 Å². The molecule has 0 atom stereocenters. The van der Waals surface area contributed by atoms with Crippen molar-refractivity contribution in [2.24, 2.45) is 5.92 Å². The maximum atomic E-state index is 5.75. The van der Waals surface area contributed by atoms with Crippen LogP contribution in [0, 0.1) is 5.92 Å². The summed E-state index contributed by atoms with van der Waals surface area (Å²) in [6, 6.07) is 4.12. The molecule has 94 valence electrons. The number of ether oxygens (including phenoxy) is 1. The van der Waals surface area contributed by atoms with Gasteiger partial charge in [-0.2, -0.15) is 0 Å². The lowest BCUT2D eigenvalue weighted by atomic mass is 9.98. The fourth-order valence-corrected chi connectivity index (χ4v) is 2.41. The molecule has 0 N–H and O–H groups in total. The van der Waals surface area contributed by atoms with E-state index in [1.165, 1.54) is 12.8 Å². The Morgan fingerprint density at radius 3 is 2.71 bits per heavy atom. The van der Waals surface area contributed by atoms with E-state index < -0.39 is 0 Å². The van der Waals surface area contributed by atoms with E-state index in [9.17, 15) is 0 Å². The summed E-state index contributed by atoms with van der Waals surface area (Å²) < 4.78 is 5.20. The molecular formula is C13H19ClN2O. The highest BCUT2D eigenvalue weighted by Crippen LogP contribution is 2.22. The lowest BCUT2D eigenvalue weighted by molar-refractivity contribution is 0.139. The SMILES string of the molecule is COCC1CCN(c2ccc(CCl)cn2)CC1. The molecule has 0 saturated carbocycles. The van der Waals surface area contributed by atoms with Crippen molar-refractivity contribution in [3.63, 3.8) is 0 Å². The summed E-state index contributed by atoms with van der Waals surface area (Å²) in [4.78, 5) is 6.79. The fourth-order valence-electron chi connectivity index (χ4n) is 2.25. The highest BCUT2D eigenvalue weighted by molar-refractivity contribution is 6.17. The molecule has 0 radical (unpaired) electrons. The molecule has 3 nitrogen and oxygen atoms in total. The molecule has 1 aromatic heterocycles. The zero-order valence-electron chi connectivity index (χ0n) is 10.2. The minimum absolute atomic E-state index is 0.531. The van der Waals surface area contributed by atoms with Crippen LogP contribution in [0.4, 0.5) is 5.82 Å². The van der Waals surface area contributed by atoms with Crippen LogP contribution in [-0.2, 0) is 10.6 Å². The van der Waals surface area contributed by atoms with Crippen molar-refractivity contribution in [2.45, 2.75) is 18.7 Å². The van der Waals surface area contributed by atoms with E-state index >= 15 is 0 Å². The first kappa shape index (κ1) is 12.7. The Bertz CT molecular complexity index is 334. The quantitative estimate of drug-likeness (QED) is 0.773. The zero-order valence-corrected chi connectivity index (χ0v) is 11.0. The van der Waals surface area contributed by atoms with E-state index in [0.29, 0.717) is 11.8 Å². The summed E-state index contributed by atoms with van der Waals surface area (Å²) in [6.07, 6.45) is 4.24. The van der Waals surface area contributed by atoms with E-state index in [0.717, 1.165) is 31.1 Å². The first-order valence-corrected chi connectivity index (χ1v) is 6.61. The third-order valence-corrected chi connectivity index (χ3v) is 3.61. The van der Waals surface area contributed by atoms with E-state index in [4.69, 9.17) is 16.3 Å². The van der Waals surface area contributed by atoms with Gasteiger partial charge in [-0.1, -0.05) is 6.07 Å². The zero-order chi connectivity index (χ0) is 12.1. The number of nitrogens with zero attached hydrogens (tertiary/aromatic N) is 2. The van der Waals surface area contributed by atoms with Gasteiger partial charge in [-0.15, -0.1) is 11.6 Å². The van der Waals surface area contributed by atoms with Crippen LogP contribution in [0.2, 0.25) is 0 Å². The molecular weight excluding hydrogens is 236 g/mol. The number of hydrogen-bond donors (Lipinski definition) is 0. The van der Waals surface area contributed by atoms with Gasteiger partial charge >= 0.3 is 0 Å². The van der Waals surface area contributed by atoms with Crippen LogP contribution in [0.25, 0.3) is 0 Å². The maximum Gasteiger partial charge on any atom is 0.128 e. The second-order valence-corrected chi connectivity index (χ2v) is 4.81.